The third-order valence-electron chi connectivity index (χ3n) is 6.00. The number of urea groups is 1. The molecule has 1 aliphatic heterocycles. The van der Waals surface area contributed by atoms with Crippen LogP contribution in [0.1, 0.15) is 24.8 Å². The normalized spacial score (nSPS) is 16.5. The van der Waals surface area contributed by atoms with E-state index in [1.54, 1.807) is 11.7 Å². The summed E-state index contributed by atoms with van der Waals surface area (Å²) in [5.74, 6) is 1.08. The Balaban J connectivity index is 1.15. The molecule has 1 aliphatic rings. The Hall–Kier alpha value is -3.33. The smallest absolute Gasteiger partial charge is 0.319 e. The van der Waals surface area contributed by atoms with E-state index in [9.17, 15) is 9.18 Å². The highest BCUT2D eigenvalue weighted by Crippen LogP contribution is 2.21. The van der Waals surface area contributed by atoms with E-state index >= 15 is 0 Å². The predicted octanol–water partition coefficient (Wildman–Crippen LogP) is 3.48. The number of tetrazole rings is 1. The summed E-state index contributed by atoms with van der Waals surface area (Å²) in [5.41, 5.74) is 2.79. The van der Waals surface area contributed by atoms with Crippen LogP contribution in [-0.2, 0) is 13.5 Å². The van der Waals surface area contributed by atoms with Crippen LogP contribution >= 0.6 is 0 Å². The number of hydrogen-bond acceptors (Lipinski definition) is 5. The first-order valence-corrected chi connectivity index (χ1v) is 11.4. The molecule has 2 amide bonds. The predicted molar refractivity (Wildman–Crippen MR) is 125 cm³/mol. The van der Waals surface area contributed by atoms with Gasteiger partial charge in [-0.1, -0.05) is 12.1 Å². The standard InChI is InChI=1S/C24H30FN7O/c1-31-23(28-29-30-31)20-7-11-22(12-8-20)27-24(33)26-13-3-15-32-14-2-4-19(17-32)16-18-5-9-21(25)10-6-18/h5-12,19H,2-4,13-17H2,1H3,(H2,26,27,33)/t19-/m0/s1. The van der Waals surface area contributed by atoms with Crippen LogP contribution in [0.2, 0.25) is 0 Å². The number of halogens is 1. The van der Waals surface area contributed by atoms with Crippen molar-refractivity contribution in [1.82, 2.24) is 30.4 Å². The van der Waals surface area contributed by atoms with E-state index in [-0.39, 0.29) is 11.8 Å². The molecule has 0 aliphatic carbocycles. The highest BCUT2D eigenvalue weighted by molar-refractivity contribution is 5.89. The number of nitrogens with zero attached hydrogens (tertiary/aromatic N) is 5. The van der Waals surface area contributed by atoms with Crippen molar-refractivity contribution in [3.8, 4) is 11.4 Å². The van der Waals surface area contributed by atoms with Gasteiger partial charge in [0.15, 0.2) is 5.82 Å². The molecule has 2 aromatic carbocycles. The third-order valence-corrected chi connectivity index (χ3v) is 6.00. The Kier molecular flexibility index (Phi) is 7.62. The van der Waals surface area contributed by atoms with Gasteiger partial charge in [0, 0.05) is 31.4 Å². The van der Waals surface area contributed by atoms with Gasteiger partial charge in [0.25, 0.3) is 0 Å². The van der Waals surface area contributed by atoms with E-state index in [0.717, 1.165) is 38.0 Å². The minimum absolute atomic E-state index is 0.183. The summed E-state index contributed by atoms with van der Waals surface area (Å²) in [7, 11) is 1.78. The fourth-order valence-electron chi connectivity index (χ4n) is 4.33. The summed E-state index contributed by atoms with van der Waals surface area (Å²) < 4.78 is 14.7. The third kappa shape index (κ3) is 6.58. The number of carbonyl (C=O) groups is 1. The molecule has 0 spiro atoms. The molecule has 0 unspecified atom stereocenters. The van der Waals surface area contributed by atoms with E-state index in [2.05, 4.69) is 31.1 Å². The summed E-state index contributed by atoms with van der Waals surface area (Å²) in [4.78, 5) is 14.7. The molecule has 0 radical (unpaired) electrons. The first-order chi connectivity index (χ1) is 16.1. The molecule has 9 heteroatoms. The molecular formula is C24H30FN7O. The molecule has 1 fully saturated rings. The van der Waals surface area contributed by atoms with Crippen molar-refractivity contribution in [2.24, 2.45) is 13.0 Å². The summed E-state index contributed by atoms with van der Waals surface area (Å²) in [6, 6.07) is 14.1. The van der Waals surface area contributed by atoms with Crippen LogP contribution in [0.15, 0.2) is 48.5 Å². The van der Waals surface area contributed by atoms with Crippen LogP contribution in [0.3, 0.4) is 0 Å². The number of likely N-dealkylation sites (tertiary alicyclic amines) is 1. The van der Waals surface area contributed by atoms with Crippen LogP contribution in [0.4, 0.5) is 14.9 Å². The van der Waals surface area contributed by atoms with Gasteiger partial charge in [-0.25, -0.2) is 13.9 Å². The lowest BCUT2D eigenvalue weighted by atomic mass is 9.91. The lowest BCUT2D eigenvalue weighted by Crippen LogP contribution is -2.38. The number of aryl methyl sites for hydroxylation is 1. The van der Waals surface area contributed by atoms with Crippen LogP contribution in [0.5, 0.6) is 0 Å². The Morgan fingerprint density at radius 2 is 1.94 bits per heavy atom. The second-order valence-electron chi connectivity index (χ2n) is 8.58. The number of carbonyl (C=O) groups excluding carboxylic acids is 1. The molecule has 1 atom stereocenters. The summed E-state index contributed by atoms with van der Waals surface area (Å²) in [5, 5.41) is 17.2. The molecule has 0 bridgehead atoms. The molecule has 33 heavy (non-hydrogen) atoms. The molecule has 8 nitrogen and oxygen atoms in total. The number of nitrogens with one attached hydrogen (secondary N) is 2. The topological polar surface area (TPSA) is 88.0 Å². The fourth-order valence-corrected chi connectivity index (χ4v) is 4.33. The maximum atomic E-state index is 13.1. The average molecular weight is 452 g/mol. The number of benzene rings is 2. The molecule has 2 heterocycles. The highest BCUT2D eigenvalue weighted by atomic mass is 19.1. The Morgan fingerprint density at radius 3 is 2.67 bits per heavy atom. The first kappa shape index (κ1) is 22.8. The van der Waals surface area contributed by atoms with E-state index in [1.807, 2.05) is 36.4 Å². The number of piperidine rings is 1. The number of anilines is 1. The van der Waals surface area contributed by atoms with Crippen molar-refractivity contribution < 1.29 is 9.18 Å². The maximum absolute atomic E-state index is 13.1. The molecular weight excluding hydrogens is 421 g/mol. The van der Waals surface area contributed by atoms with Crippen molar-refractivity contribution in [3.05, 3.63) is 59.9 Å². The van der Waals surface area contributed by atoms with Crippen LogP contribution in [0, 0.1) is 11.7 Å². The highest BCUT2D eigenvalue weighted by Gasteiger charge is 2.20. The van der Waals surface area contributed by atoms with Gasteiger partial charge < -0.3 is 15.5 Å². The van der Waals surface area contributed by atoms with E-state index in [1.165, 1.54) is 30.5 Å². The monoisotopic (exact) mass is 451 g/mol. The van der Waals surface area contributed by atoms with Gasteiger partial charge in [0.2, 0.25) is 0 Å². The van der Waals surface area contributed by atoms with Gasteiger partial charge >= 0.3 is 6.03 Å². The Labute approximate surface area is 193 Å². The molecule has 174 valence electrons. The van der Waals surface area contributed by atoms with Crippen LogP contribution in [0.25, 0.3) is 11.4 Å². The number of hydrogen-bond donors (Lipinski definition) is 2. The van der Waals surface area contributed by atoms with Crippen molar-refractivity contribution in [1.29, 1.82) is 0 Å². The quantitative estimate of drug-likeness (QED) is 0.512. The van der Waals surface area contributed by atoms with Crippen molar-refractivity contribution in [2.75, 3.05) is 31.5 Å². The summed E-state index contributed by atoms with van der Waals surface area (Å²) in [6.45, 7) is 3.73. The van der Waals surface area contributed by atoms with Crippen molar-refractivity contribution >= 4 is 11.7 Å². The lowest BCUT2D eigenvalue weighted by Gasteiger charge is -2.32. The first-order valence-electron chi connectivity index (χ1n) is 11.4. The van der Waals surface area contributed by atoms with Gasteiger partial charge in [0.05, 0.1) is 0 Å². The largest absolute Gasteiger partial charge is 0.338 e. The molecule has 1 aromatic heterocycles. The fraction of sp³-hybridized carbons (Fsp3) is 0.417. The second-order valence-corrected chi connectivity index (χ2v) is 8.58. The zero-order valence-electron chi connectivity index (χ0n) is 18.9. The number of rotatable bonds is 8. The van der Waals surface area contributed by atoms with Gasteiger partial charge in [-0.2, -0.15) is 0 Å². The molecule has 4 rings (SSSR count). The van der Waals surface area contributed by atoms with E-state index in [4.69, 9.17) is 0 Å². The van der Waals surface area contributed by atoms with Gasteiger partial charge in [-0.15, -0.1) is 5.10 Å². The van der Waals surface area contributed by atoms with Gasteiger partial charge in [0.1, 0.15) is 5.82 Å². The molecule has 3 aromatic rings. The van der Waals surface area contributed by atoms with Crippen molar-refractivity contribution in [3.63, 3.8) is 0 Å². The lowest BCUT2D eigenvalue weighted by molar-refractivity contribution is 0.172. The minimum Gasteiger partial charge on any atom is -0.338 e. The second kappa shape index (κ2) is 11.0. The summed E-state index contributed by atoms with van der Waals surface area (Å²) >= 11 is 0. The van der Waals surface area contributed by atoms with Crippen LogP contribution in [-0.4, -0.2) is 57.3 Å². The van der Waals surface area contributed by atoms with Gasteiger partial charge in [-0.3, -0.25) is 0 Å². The molecule has 0 saturated carbocycles. The molecule has 2 N–H and O–H groups in total. The van der Waals surface area contributed by atoms with E-state index < -0.39 is 0 Å². The SMILES string of the molecule is Cn1nnnc1-c1ccc(NC(=O)NCCCN2CCC[C@@H](Cc3ccc(F)cc3)C2)cc1. The average Bonchev–Trinajstić information content (AvgIpc) is 3.25. The number of amides is 2. The number of aromatic nitrogens is 4. The Morgan fingerprint density at radius 1 is 1.15 bits per heavy atom. The van der Waals surface area contributed by atoms with Gasteiger partial charge in [-0.05, 0) is 97.1 Å². The Bertz CT molecular complexity index is 1040. The zero-order chi connectivity index (χ0) is 23.0. The molecule has 1 saturated heterocycles. The maximum Gasteiger partial charge on any atom is 0.319 e. The summed E-state index contributed by atoms with van der Waals surface area (Å²) in [6.07, 6.45) is 4.28. The van der Waals surface area contributed by atoms with Crippen LogP contribution < -0.4 is 10.6 Å². The van der Waals surface area contributed by atoms with Crippen molar-refractivity contribution in [2.45, 2.75) is 25.7 Å². The zero-order valence-corrected chi connectivity index (χ0v) is 18.9. The minimum atomic E-state index is -0.212. The van der Waals surface area contributed by atoms with E-state index in [0.29, 0.717) is 24.0 Å².